The van der Waals surface area contributed by atoms with Gasteiger partial charge in [-0.3, -0.25) is 0 Å². The zero-order valence-corrected chi connectivity index (χ0v) is 11.6. The molecule has 0 bridgehead atoms. The highest BCUT2D eigenvalue weighted by Crippen LogP contribution is 2.25. The molecule has 0 aliphatic carbocycles. The quantitative estimate of drug-likeness (QED) is 0.767. The summed E-state index contributed by atoms with van der Waals surface area (Å²) in [5.74, 6) is 0.811. The zero-order chi connectivity index (χ0) is 13.4. The Bertz CT molecular complexity index is 617. The molecule has 0 radical (unpaired) electrons. The lowest BCUT2D eigenvalue weighted by Gasteiger charge is -2.16. The summed E-state index contributed by atoms with van der Waals surface area (Å²) in [7, 11) is 0. The largest absolute Gasteiger partial charge is 0.388 e. The Morgan fingerprint density at radius 3 is 2.95 bits per heavy atom. The lowest BCUT2D eigenvalue weighted by atomic mass is 10.2. The van der Waals surface area contributed by atoms with Crippen molar-refractivity contribution in [1.82, 2.24) is 9.97 Å². The standard InChI is InChI=1S/C12H13BrN4O2/c13-6-1-2-7-8(3-6)16-12(14)17-11(7)15-9-4-19-5-10(9)18/h1-3,9-10,18H,4-5H2,(H3,14,15,16,17). The molecule has 6 nitrogen and oxygen atoms in total. The SMILES string of the molecule is Nc1nc(NC2COCC2O)c2ccc(Br)cc2n1. The number of aromatic nitrogens is 2. The van der Waals surface area contributed by atoms with Gasteiger partial charge in [-0.1, -0.05) is 15.9 Å². The van der Waals surface area contributed by atoms with Crippen molar-refractivity contribution in [3.05, 3.63) is 22.7 Å². The van der Waals surface area contributed by atoms with E-state index in [1.165, 1.54) is 0 Å². The summed E-state index contributed by atoms with van der Waals surface area (Å²) in [5.41, 5.74) is 6.46. The van der Waals surface area contributed by atoms with Gasteiger partial charge in [-0.05, 0) is 18.2 Å². The topological polar surface area (TPSA) is 93.3 Å². The molecular formula is C12H13BrN4O2. The first-order chi connectivity index (χ1) is 9.13. The number of fused-ring (bicyclic) bond motifs is 1. The fourth-order valence-corrected chi connectivity index (χ4v) is 2.44. The summed E-state index contributed by atoms with van der Waals surface area (Å²) in [6.45, 7) is 0.783. The third kappa shape index (κ3) is 2.49. The van der Waals surface area contributed by atoms with E-state index in [0.717, 1.165) is 15.4 Å². The first kappa shape index (κ1) is 12.6. The second kappa shape index (κ2) is 4.92. The molecule has 1 aromatic carbocycles. The molecule has 1 aliphatic rings. The van der Waals surface area contributed by atoms with Gasteiger partial charge in [-0.2, -0.15) is 4.98 Å². The molecule has 1 aromatic heterocycles. The zero-order valence-electron chi connectivity index (χ0n) is 10.0. The molecule has 0 amide bonds. The van der Waals surface area contributed by atoms with E-state index in [2.05, 4.69) is 31.2 Å². The van der Waals surface area contributed by atoms with Crippen molar-refractivity contribution in [3.8, 4) is 0 Å². The van der Waals surface area contributed by atoms with Crippen LogP contribution in [0.2, 0.25) is 0 Å². The van der Waals surface area contributed by atoms with Gasteiger partial charge in [-0.25, -0.2) is 4.98 Å². The maximum absolute atomic E-state index is 9.77. The molecule has 2 aromatic rings. The number of hydrogen-bond donors (Lipinski definition) is 3. The fourth-order valence-electron chi connectivity index (χ4n) is 2.09. The smallest absolute Gasteiger partial charge is 0.222 e. The van der Waals surface area contributed by atoms with Crippen molar-refractivity contribution in [2.24, 2.45) is 0 Å². The van der Waals surface area contributed by atoms with Crippen LogP contribution in [0.5, 0.6) is 0 Å². The molecule has 7 heteroatoms. The Morgan fingerprint density at radius 1 is 1.37 bits per heavy atom. The summed E-state index contributed by atoms with van der Waals surface area (Å²) < 4.78 is 6.13. The second-order valence-electron chi connectivity index (χ2n) is 4.45. The van der Waals surface area contributed by atoms with Gasteiger partial charge >= 0.3 is 0 Å². The fraction of sp³-hybridized carbons (Fsp3) is 0.333. The molecule has 0 spiro atoms. The van der Waals surface area contributed by atoms with Gasteiger partial charge in [0.2, 0.25) is 5.95 Å². The van der Waals surface area contributed by atoms with Crippen LogP contribution in [0.15, 0.2) is 22.7 Å². The molecule has 1 fully saturated rings. The molecule has 2 unspecified atom stereocenters. The minimum absolute atomic E-state index is 0.179. The van der Waals surface area contributed by atoms with Gasteiger partial charge in [0.1, 0.15) is 5.82 Å². The number of aliphatic hydroxyl groups is 1. The number of hydrogen-bond acceptors (Lipinski definition) is 6. The van der Waals surface area contributed by atoms with Crippen LogP contribution in [-0.4, -0.2) is 40.4 Å². The number of nitrogens with one attached hydrogen (secondary N) is 1. The Hall–Kier alpha value is -1.44. The predicted molar refractivity (Wildman–Crippen MR) is 75.9 cm³/mol. The van der Waals surface area contributed by atoms with Crippen LogP contribution in [0.25, 0.3) is 10.9 Å². The number of anilines is 2. The van der Waals surface area contributed by atoms with Crippen molar-refractivity contribution in [1.29, 1.82) is 0 Å². The molecule has 19 heavy (non-hydrogen) atoms. The number of ether oxygens (including phenoxy) is 1. The predicted octanol–water partition coefficient (Wildman–Crippen LogP) is 1.15. The molecule has 100 valence electrons. The van der Waals surface area contributed by atoms with Gasteiger partial charge in [0.25, 0.3) is 0 Å². The lowest BCUT2D eigenvalue weighted by molar-refractivity contribution is 0.125. The Kier molecular flexibility index (Phi) is 3.26. The normalized spacial score (nSPS) is 22.8. The summed E-state index contributed by atoms with van der Waals surface area (Å²) in [6.07, 6.45) is -0.540. The van der Waals surface area contributed by atoms with E-state index in [-0.39, 0.29) is 12.0 Å². The molecule has 2 atom stereocenters. The van der Waals surface area contributed by atoms with Crippen molar-refractivity contribution in [2.75, 3.05) is 24.3 Å². The van der Waals surface area contributed by atoms with Crippen LogP contribution in [0.1, 0.15) is 0 Å². The van der Waals surface area contributed by atoms with Crippen LogP contribution >= 0.6 is 15.9 Å². The molecule has 4 N–H and O–H groups in total. The molecule has 0 saturated carbocycles. The number of nitrogen functional groups attached to an aromatic ring is 1. The average Bonchev–Trinajstić information content (AvgIpc) is 2.74. The van der Waals surface area contributed by atoms with E-state index >= 15 is 0 Å². The molecule has 2 heterocycles. The van der Waals surface area contributed by atoms with Gasteiger partial charge < -0.3 is 20.9 Å². The summed E-state index contributed by atoms with van der Waals surface area (Å²) in [4.78, 5) is 8.40. The van der Waals surface area contributed by atoms with E-state index in [1.54, 1.807) is 0 Å². The molecule has 1 saturated heterocycles. The number of nitrogens with zero attached hydrogens (tertiary/aromatic N) is 2. The molecule has 1 aliphatic heterocycles. The van der Waals surface area contributed by atoms with Crippen LogP contribution in [0, 0.1) is 0 Å². The van der Waals surface area contributed by atoms with E-state index in [9.17, 15) is 5.11 Å². The minimum Gasteiger partial charge on any atom is -0.388 e. The van der Waals surface area contributed by atoms with E-state index in [1.807, 2.05) is 18.2 Å². The van der Waals surface area contributed by atoms with Crippen LogP contribution in [-0.2, 0) is 4.74 Å². The third-order valence-corrected chi connectivity index (χ3v) is 3.54. The second-order valence-corrected chi connectivity index (χ2v) is 5.36. The van der Waals surface area contributed by atoms with E-state index in [4.69, 9.17) is 10.5 Å². The van der Waals surface area contributed by atoms with Gasteiger partial charge in [-0.15, -0.1) is 0 Å². The van der Waals surface area contributed by atoms with Crippen molar-refractivity contribution in [3.63, 3.8) is 0 Å². The number of aliphatic hydroxyl groups excluding tert-OH is 1. The number of halogens is 1. The van der Waals surface area contributed by atoms with Gasteiger partial charge in [0.15, 0.2) is 0 Å². The highest BCUT2D eigenvalue weighted by Gasteiger charge is 2.26. The van der Waals surface area contributed by atoms with Crippen LogP contribution in [0.4, 0.5) is 11.8 Å². The number of rotatable bonds is 2. The first-order valence-electron chi connectivity index (χ1n) is 5.88. The molecular weight excluding hydrogens is 312 g/mol. The Labute approximate surface area is 118 Å². The highest BCUT2D eigenvalue weighted by atomic mass is 79.9. The first-order valence-corrected chi connectivity index (χ1v) is 6.68. The summed E-state index contributed by atoms with van der Waals surface area (Å²) in [5, 5.41) is 13.8. The number of benzene rings is 1. The van der Waals surface area contributed by atoms with Gasteiger partial charge in [0, 0.05) is 9.86 Å². The average molecular weight is 325 g/mol. The van der Waals surface area contributed by atoms with Crippen molar-refractivity contribution in [2.45, 2.75) is 12.1 Å². The van der Waals surface area contributed by atoms with Crippen molar-refractivity contribution >= 4 is 38.6 Å². The van der Waals surface area contributed by atoms with Crippen LogP contribution < -0.4 is 11.1 Å². The summed E-state index contributed by atoms with van der Waals surface area (Å²) in [6, 6.07) is 5.51. The molecule has 3 rings (SSSR count). The monoisotopic (exact) mass is 324 g/mol. The van der Waals surface area contributed by atoms with Crippen molar-refractivity contribution < 1.29 is 9.84 Å². The highest BCUT2D eigenvalue weighted by molar-refractivity contribution is 9.10. The summed E-state index contributed by atoms with van der Waals surface area (Å²) >= 11 is 3.40. The third-order valence-electron chi connectivity index (χ3n) is 3.05. The number of nitrogens with two attached hydrogens (primary N) is 1. The Morgan fingerprint density at radius 2 is 2.21 bits per heavy atom. The maximum atomic E-state index is 9.77. The lowest BCUT2D eigenvalue weighted by Crippen LogP contribution is -2.32. The van der Waals surface area contributed by atoms with Crippen LogP contribution in [0.3, 0.4) is 0 Å². The minimum atomic E-state index is -0.540. The maximum Gasteiger partial charge on any atom is 0.222 e. The van der Waals surface area contributed by atoms with E-state index < -0.39 is 6.10 Å². The van der Waals surface area contributed by atoms with E-state index in [0.29, 0.717) is 19.0 Å². The Balaban J connectivity index is 2.02. The van der Waals surface area contributed by atoms with Gasteiger partial charge in [0.05, 0.1) is 30.9 Å².